The molecular formula is C33H22F2N2O3. The van der Waals surface area contributed by atoms with E-state index in [4.69, 9.17) is 0 Å². The van der Waals surface area contributed by atoms with Gasteiger partial charge in [0.2, 0.25) is 5.91 Å². The van der Waals surface area contributed by atoms with E-state index in [2.05, 4.69) is 5.32 Å². The van der Waals surface area contributed by atoms with Crippen LogP contribution in [0.3, 0.4) is 0 Å². The summed E-state index contributed by atoms with van der Waals surface area (Å²) in [5.74, 6) is -4.01. The van der Waals surface area contributed by atoms with Crippen LogP contribution in [0.4, 0.5) is 20.2 Å². The lowest BCUT2D eigenvalue weighted by atomic mass is 9.64. The van der Waals surface area contributed by atoms with Gasteiger partial charge in [-0.25, -0.2) is 8.78 Å². The third-order valence-corrected chi connectivity index (χ3v) is 8.36. The number of benzene rings is 4. The van der Waals surface area contributed by atoms with E-state index in [1.54, 1.807) is 35.2 Å². The van der Waals surface area contributed by atoms with Gasteiger partial charge in [-0.15, -0.1) is 0 Å². The predicted molar refractivity (Wildman–Crippen MR) is 147 cm³/mol. The Bertz CT molecular complexity index is 1750. The van der Waals surface area contributed by atoms with Crippen molar-refractivity contribution in [1.29, 1.82) is 0 Å². The first-order chi connectivity index (χ1) is 19.4. The van der Waals surface area contributed by atoms with Crippen molar-refractivity contribution in [1.82, 2.24) is 0 Å². The van der Waals surface area contributed by atoms with Crippen LogP contribution >= 0.6 is 0 Å². The Morgan fingerprint density at radius 3 is 2.30 bits per heavy atom. The third-order valence-electron chi connectivity index (χ3n) is 8.36. The summed E-state index contributed by atoms with van der Waals surface area (Å²) in [5, 5.41) is 2.95. The molecule has 1 N–H and O–H groups in total. The summed E-state index contributed by atoms with van der Waals surface area (Å²) in [6, 6.07) is 23.3. The predicted octanol–water partition coefficient (Wildman–Crippen LogP) is 5.82. The highest BCUT2D eigenvalue weighted by Crippen LogP contribution is 2.58. The normalized spacial score (nSPS) is 23.9. The van der Waals surface area contributed by atoms with E-state index < -0.39 is 52.5 Å². The lowest BCUT2D eigenvalue weighted by Gasteiger charge is -2.37. The van der Waals surface area contributed by atoms with Gasteiger partial charge in [-0.3, -0.25) is 14.4 Å². The Morgan fingerprint density at radius 2 is 1.50 bits per heavy atom. The molecule has 0 aromatic heterocycles. The van der Waals surface area contributed by atoms with Crippen LogP contribution in [0.25, 0.3) is 6.08 Å². The van der Waals surface area contributed by atoms with Crippen LogP contribution in [-0.2, 0) is 10.2 Å². The Hall–Kier alpha value is -4.91. The summed E-state index contributed by atoms with van der Waals surface area (Å²) in [5.41, 5.74) is 1.08. The second kappa shape index (κ2) is 8.81. The molecular weight excluding hydrogens is 510 g/mol. The van der Waals surface area contributed by atoms with Crippen molar-refractivity contribution in [2.75, 3.05) is 10.2 Å². The smallest absolute Gasteiger partial charge is 0.238 e. The zero-order chi connectivity index (χ0) is 27.6. The summed E-state index contributed by atoms with van der Waals surface area (Å²) in [6.07, 6.45) is 3.74. The Kier molecular flexibility index (Phi) is 5.32. The summed E-state index contributed by atoms with van der Waals surface area (Å²) in [4.78, 5) is 45.0. The molecule has 0 unspecified atom stereocenters. The van der Waals surface area contributed by atoms with Gasteiger partial charge in [-0.2, -0.15) is 0 Å². The number of rotatable bonds is 4. The second-order valence-electron chi connectivity index (χ2n) is 10.3. The van der Waals surface area contributed by atoms with Crippen molar-refractivity contribution in [2.24, 2.45) is 5.92 Å². The van der Waals surface area contributed by atoms with Gasteiger partial charge in [-0.05, 0) is 59.7 Å². The van der Waals surface area contributed by atoms with Crippen LogP contribution in [0, 0.1) is 17.6 Å². The minimum atomic E-state index is -1.52. The van der Waals surface area contributed by atoms with Crippen molar-refractivity contribution in [3.05, 3.63) is 137 Å². The van der Waals surface area contributed by atoms with Crippen molar-refractivity contribution in [2.45, 2.75) is 17.5 Å². The molecule has 0 radical (unpaired) electrons. The quantitative estimate of drug-likeness (QED) is 0.337. The molecule has 5 nitrogen and oxygen atoms in total. The molecule has 0 aliphatic carbocycles. The number of hydrogen-bond acceptors (Lipinski definition) is 4. The monoisotopic (exact) mass is 532 g/mol. The molecule has 4 aromatic carbocycles. The lowest BCUT2D eigenvalue weighted by Crippen LogP contribution is -2.51. The van der Waals surface area contributed by atoms with Gasteiger partial charge in [-0.1, -0.05) is 60.7 Å². The average molecular weight is 533 g/mol. The number of fused-ring (bicyclic) bond motifs is 6. The van der Waals surface area contributed by atoms with E-state index in [1.807, 2.05) is 36.4 Å². The van der Waals surface area contributed by atoms with E-state index in [9.17, 15) is 18.8 Å². The molecule has 0 bridgehead atoms. The van der Waals surface area contributed by atoms with Gasteiger partial charge < -0.3 is 10.2 Å². The first-order valence-electron chi connectivity index (χ1n) is 13.0. The molecule has 1 amide bonds. The Balaban J connectivity index is 1.55. The first-order valence-corrected chi connectivity index (χ1v) is 13.0. The maximum absolute atomic E-state index is 15.1. The highest BCUT2D eigenvalue weighted by Gasteiger charge is 2.70. The number of hydrogen-bond donors (Lipinski definition) is 1. The molecule has 0 saturated carbocycles. The van der Waals surface area contributed by atoms with Crippen molar-refractivity contribution in [3.63, 3.8) is 0 Å². The van der Waals surface area contributed by atoms with E-state index in [0.29, 0.717) is 16.9 Å². The molecule has 7 heteroatoms. The molecule has 4 atom stereocenters. The van der Waals surface area contributed by atoms with E-state index in [1.165, 1.54) is 42.5 Å². The molecule has 4 aromatic rings. The van der Waals surface area contributed by atoms with Crippen LogP contribution in [0.1, 0.15) is 31.8 Å². The minimum Gasteiger partial charge on any atom is -0.352 e. The van der Waals surface area contributed by atoms with E-state index in [-0.39, 0.29) is 11.1 Å². The van der Waals surface area contributed by atoms with E-state index in [0.717, 1.165) is 5.56 Å². The molecule has 3 aliphatic rings. The Morgan fingerprint density at radius 1 is 0.800 bits per heavy atom. The number of para-hydroxylation sites is 2. The van der Waals surface area contributed by atoms with Gasteiger partial charge in [0.15, 0.2) is 11.6 Å². The van der Waals surface area contributed by atoms with Gasteiger partial charge in [0.05, 0.1) is 17.5 Å². The Labute approximate surface area is 228 Å². The minimum absolute atomic E-state index is 0.159. The first kappa shape index (κ1) is 24.2. The fourth-order valence-electron chi connectivity index (χ4n) is 6.73. The van der Waals surface area contributed by atoms with Crippen LogP contribution in [0.2, 0.25) is 0 Å². The van der Waals surface area contributed by atoms with Crippen molar-refractivity contribution >= 4 is 34.9 Å². The molecule has 1 fully saturated rings. The summed E-state index contributed by atoms with van der Waals surface area (Å²) >= 11 is 0. The fraction of sp³-hybridized carbons (Fsp3) is 0.121. The van der Waals surface area contributed by atoms with Crippen LogP contribution in [-0.4, -0.2) is 29.6 Å². The molecule has 1 spiro atoms. The van der Waals surface area contributed by atoms with Crippen molar-refractivity contribution < 1.29 is 23.2 Å². The number of amides is 1. The number of carbonyl (C=O) groups excluding carboxylic acids is 3. The molecule has 3 aliphatic heterocycles. The van der Waals surface area contributed by atoms with Crippen LogP contribution in [0.5, 0.6) is 0 Å². The SMILES string of the molecule is O=C(c1ccccc1F)[C@@H]1[C@H](C(=O)c2ccc(F)cc2)[C@]2(C(=O)Nc3ccccc32)[C@H]2C=Cc3ccccc3N12. The number of carbonyl (C=O) groups is 3. The summed E-state index contributed by atoms with van der Waals surface area (Å²) in [6.45, 7) is 0. The number of nitrogens with zero attached hydrogens (tertiary/aromatic N) is 1. The largest absolute Gasteiger partial charge is 0.352 e. The lowest BCUT2D eigenvalue weighted by molar-refractivity contribution is -0.121. The topological polar surface area (TPSA) is 66.5 Å². The zero-order valence-corrected chi connectivity index (χ0v) is 21.1. The number of anilines is 2. The standard InChI is InChI=1S/C33H22F2N2O3/c34-21-16-13-20(14-17-21)30(38)28-29(31(39)22-8-2-4-10-24(22)35)37-26-12-6-1-7-19(26)15-18-27(37)33(28)23-9-3-5-11-25(23)36-32(33)40/h1-18,27-29H,(H,36,40)/t27-,28-,29+,33-/m1/s1. The fourth-order valence-corrected chi connectivity index (χ4v) is 6.73. The molecule has 40 heavy (non-hydrogen) atoms. The molecule has 7 rings (SSSR count). The number of ketones is 2. The van der Waals surface area contributed by atoms with Gasteiger partial charge in [0.1, 0.15) is 23.1 Å². The third kappa shape index (κ3) is 3.21. The van der Waals surface area contributed by atoms with Gasteiger partial charge in [0.25, 0.3) is 0 Å². The zero-order valence-electron chi connectivity index (χ0n) is 21.1. The number of nitrogens with one attached hydrogen (secondary N) is 1. The summed E-state index contributed by atoms with van der Waals surface area (Å²) < 4.78 is 29.0. The average Bonchev–Trinajstić information content (AvgIpc) is 3.45. The van der Waals surface area contributed by atoms with E-state index >= 15 is 4.39 Å². The molecule has 1 saturated heterocycles. The van der Waals surface area contributed by atoms with Crippen LogP contribution < -0.4 is 10.2 Å². The maximum atomic E-state index is 15.1. The van der Waals surface area contributed by atoms with Gasteiger partial charge in [0, 0.05) is 16.9 Å². The van der Waals surface area contributed by atoms with Gasteiger partial charge >= 0.3 is 0 Å². The molecule has 196 valence electrons. The summed E-state index contributed by atoms with van der Waals surface area (Å²) in [7, 11) is 0. The number of halogens is 2. The van der Waals surface area contributed by atoms with Crippen LogP contribution in [0.15, 0.2) is 103 Å². The highest BCUT2D eigenvalue weighted by molar-refractivity contribution is 6.18. The molecule has 3 heterocycles. The highest BCUT2D eigenvalue weighted by atomic mass is 19.1. The second-order valence-corrected chi connectivity index (χ2v) is 10.3. The van der Waals surface area contributed by atoms with Crippen molar-refractivity contribution in [3.8, 4) is 0 Å². The maximum Gasteiger partial charge on any atom is 0.238 e. The number of Topliss-reactive ketones (excluding diaryl/α,β-unsaturated/α-hetero) is 2.